The molecule has 0 fully saturated rings. The number of rotatable bonds is 4. The van der Waals surface area contributed by atoms with Gasteiger partial charge in [0.15, 0.2) is 0 Å². The maximum Gasteiger partial charge on any atom is 0.257 e. The molecule has 106 valence electrons. The molecule has 1 aromatic heterocycles. The second kappa shape index (κ2) is 5.77. The number of aryl methyl sites for hydroxylation is 2. The summed E-state index contributed by atoms with van der Waals surface area (Å²) in [7, 11) is 3.42. The van der Waals surface area contributed by atoms with Crippen LogP contribution < -0.4 is 4.74 Å². The predicted octanol–water partition coefficient (Wildman–Crippen LogP) is 2.31. The van der Waals surface area contributed by atoms with Crippen LogP contribution in [0.25, 0.3) is 0 Å². The Balaban J connectivity index is 2.15. The molecule has 0 aliphatic carbocycles. The molecule has 0 aliphatic rings. The summed E-state index contributed by atoms with van der Waals surface area (Å²) in [6, 6.07) is 7.71. The van der Waals surface area contributed by atoms with E-state index in [9.17, 15) is 4.79 Å². The third-order valence-electron chi connectivity index (χ3n) is 3.24. The first-order valence-electron chi connectivity index (χ1n) is 6.43. The molecular weight excluding hydrogens is 254 g/mol. The number of hydrogen-bond donors (Lipinski definition) is 1. The van der Waals surface area contributed by atoms with Crippen molar-refractivity contribution in [1.82, 2.24) is 15.1 Å². The lowest BCUT2D eigenvalue weighted by molar-refractivity contribution is 0.0783. The van der Waals surface area contributed by atoms with Crippen molar-refractivity contribution in [2.75, 3.05) is 14.2 Å². The van der Waals surface area contributed by atoms with Crippen LogP contribution >= 0.6 is 0 Å². The summed E-state index contributed by atoms with van der Waals surface area (Å²) < 4.78 is 5.19. The van der Waals surface area contributed by atoms with Gasteiger partial charge in [-0.3, -0.25) is 9.89 Å². The van der Waals surface area contributed by atoms with E-state index in [0.29, 0.717) is 12.1 Å². The first kappa shape index (κ1) is 14.1. The van der Waals surface area contributed by atoms with E-state index in [4.69, 9.17) is 4.74 Å². The summed E-state index contributed by atoms with van der Waals surface area (Å²) in [5.41, 5.74) is 3.20. The highest BCUT2D eigenvalue weighted by Crippen LogP contribution is 2.17. The van der Waals surface area contributed by atoms with Crippen LogP contribution in [0.3, 0.4) is 0 Å². The summed E-state index contributed by atoms with van der Waals surface area (Å²) in [6.07, 6.45) is 0. The number of aromatic amines is 1. The van der Waals surface area contributed by atoms with Crippen molar-refractivity contribution in [3.05, 3.63) is 46.8 Å². The Hall–Kier alpha value is -2.30. The van der Waals surface area contributed by atoms with E-state index in [1.807, 2.05) is 38.1 Å². The SMILES string of the molecule is COc1cccc(CN(C)C(=O)c2c(C)n[nH]c2C)c1. The highest BCUT2D eigenvalue weighted by Gasteiger charge is 2.19. The smallest absolute Gasteiger partial charge is 0.257 e. The van der Waals surface area contributed by atoms with Gasteiger partial charge in [0.25, 0.3) is 5.91 Å². The van der Waals surface area contributed by atoms with Crippen molar-refractivity contribution < 1.29 is 9.53 Å². The van der Waals surface area contributed by atoms with E-state index in [0.717, 1.165) is 22.7 Å². The summed E-state index contributed by atoms with van der Waals surface area (Å²) in [5, 5.41) is 6.90. The Morgan fingerprint density at radius 3 is 2.75 bits per heavy atom. The quantitative estimate of drug-likeness (QED) is 0.930. The number of ether oxygens (including phenoxy) is 1. The third-order valence-corrected chi connectivity index (χ3v) is 3.24. The summed E-state index contributed by atoms with van der Waals surface area (Å²) >= 11 is 0. The van der Waals surface area contributed by atoms with E-state index in [-0.39, 0.29) is 5.91 Å². The van der Waals surface area contributed by atoms with Gasteiger partial charge in [0.05, 0.1) is 18.4 Å². The zero-order valence-electron chi connectivity index (χ0n) is 12.2. The zero-order chi connectivity index (χ0) is 14.7. The molecule has 2 aromatic rings. The fourth-order valence-corrected chi connectivity index (χ4v) is 2.17. The Kier molecular flexibility index (Phi) is 4.08. The molecule has 5 heteroatoms. The average molecular weight is 273 g/mol. The Morgan fingerprint density at radius 2 is 2.15 bits per heavy atom. The molecule has 5 nitrogen and oxygen atoms in total. The number of methoxy groups -OCH3 is 1. The molecule has 1 amide bonds. The van der Waals surface area contributed by atoms with Crippen LogP contribution in [-0.2, 0) is 6.54 Å². The maximum atomic E-state index is 12.4. The number of amides is 1. The van der Waals surface area contributed by atoms with Gasteiger partial charge < -0.3 is 9.64 Å². The van der Waals surface area contributed by atoms with Crippen LogP contribution in [0.2, 0.25) is 0 Å². The van der Waals surface area contributed by atoms with Gasteiger partial charge in [-0.15, -0.1) is 0 Å². The molecule has 20 heavy (non-hydrogen) atoms. The second-order valence-electron chi connectivity index (χ2n) is 4.82. The topological polar surface area (TPSA) is 58.2 Å². The second-order valence-corrected chi connectivity index (χ2v) is 4.82. The van der Waals surface area contributed by atoms with Crippen molar-refractivity contribution in [3.63, 3.8) is 0 Å². The lowest BCUT2D eigenvalue weighted by Crippen LogP contribution is -2.27. The van der Waals surface area contributed by atoms with Gasteiger partial charge in [0.2, 0.25) is 0 Å². The Morgan fingerprint density at radius 1 is 1.40 bits per heavy atom. The first-order chi connectivity index (χ1) is 9.52. The van der Waals surface area contributed by atoms with E-state index < -0.39 is 0 Å². The van der Waals surface area contributed by atoms with Gasteiger partial charge in [-0.25, -0.2) is 0 Å². The van der Waals surface area contributed by atoms with Crippen molar-refractivity contribution in [2.24, 2.45) is 0 Å². The molecule has 2 rings (SSSR count). The maximum absolute atomic E-state index is 12.4. The van der Waals surface area contributed by atoms with Gasteiger partial charge in [-0.1, -0.05) is 12.1 Å². The minimum Gasteiger partial charge on any atom is -0.497 e. The molecule has 0 bridgehead atoms. The largest absolute Gasteiger partial charge is 0.497 e. The summed E-state index contributed by atoms with van der Waals surface area (Å²) in [5.74, 6) is 0.760. The standard InChI is InChI=1S/C15H19N3O2/c1-10-14(11(2)17-16-10)15(19)18(3)9-12-6-5-7-13(8-12)20-4/h5-8H,9H2,1-4H3,(H,16,17). The van der Waals surface area contributed by atoms with Crippen molar-refractivity contribution in [2.45, 2.75) is 20.4 Å². The predicted molar refractivity (Wildman–Crippen MR) is 76.9 cm³/mol. The molecule has 0 aliphatic heterocycles. The number of nitrogens with one attached hydrogen (secondary N) is 1. The summed E-state index contributed by atoms with van der Waals surface area (Å²) in [6.45, 7) is 4.21. The van der Waals surface area contributed by atoms with Crippen LogP contribution in [0.4, 0.5) is 0 Å². The molecule has 1 N–H and O–H groups in total. The van der Waals surface area contributed by atoms with Crippen LogP contribution in [-0.4, -0.2) is 35.2 Å². The lowest BCUT2D eigenvalue weighted by atomic mass is 10.1. The normalized spacial score (nSPS) is 10.4. The summed E-state index contributed by atoms with van der Waals surface area (Å²) in [4.78, 5) is 14.1. The van der Waals surface area contributed by atoms with Crippen molar-refractivity contribution in [1.29, 1.82) is 0 Å². The van der Waals surface area contributed by atoms with Gasteiger partial charge in [0, 0.05) is 19.3 Å². The van der Waals surface area contributed by atoms with E-state index >= 15 is 0 Å². The monoisotopic (exact) mass is 273 g/mol. The minimum absolute atomic E-state index is 0.0310. The molecule has 0 saturated carbocycles. The van der Waals surface area contributed by atoms with Crippen LogP contribution in [0.15, 0.2) is 24.3 Å². The highest BCUT2D eigenvalue weighted by molar-refractivity contribution is 5.96. The molecule has 0 radical (unpaired) electrons. The number of nitrogens with zero attached hydrogens (tertiary/aromatic N) is 2. The number of hydrogen-bond acceptors (Lipinski definition) is 3. The molecule has 1 aromatic carbocycles. The number of H-pyrrole nitrogens is 1. The number of benzene rings is 1. The molecule has 0 saturated heterocycles. The molecular formula is C15H19N3O2. The minimum atomic E-state index is -0.0310. The zero-order valence-corrected chi connectivity index (χ0v) is 12.2. The molecule has 1 heterocycles. The third kappa shape index (κ3) is 2.82. The van der Waals surface area contributed by atoms with Gasteiger partial charge in [-0.05, 0) is 31.5 Å². The molecule has 0 atom stereocenters. The van der Waals surface area contributed by atoms with E-state index in [2.05, 4.69) is 10.2 Å². The molecule has 0 spiro atoms. The first-order valence-corrected chi connectivity index (χ1v) is 6.43. The number of carbonyl (C=O) groups excluding carboxylic acids is 1. The van der Waals surface area contributed by atoms with Gasteiger partial charge in [-0.2, -0.15) is 5.10 Å². The van der Waals surface area contributed by atoms with Crippen LogP contribution in [0.1, 0.15) is 27.3 Å². The fourth-order valence-electron chi connectivity index (χ4n) is 2.17. The Bertz CT molecular complexity index is 600. The van der Waals surface area contributed by atoms with Crippen molar-refractivity contribution >= 4 is 5.91 Å². The Labute approximate surface area is 118 Å². The molecule has 0 unspecified atom stereocenters. The fraction of sp³-hybridized carbons (Fsp3) is 0.333. The van der Waals surface area contributed by atoms with Gasteiger partial charge >= 0.3 is 0 Å². The number of aromatic nitrogens is 2. The van der Waals surface area contributed by atoms with Crippen molar-refractivity contribution in [3.8, 4) is 5.75 Å². The van der Waals surface area contributed by atoms with E-state index in [1.165, 1.54) is 0 Å². The lowest BCUT2D eigenvalue weighted by Gasteiger charge is -2.17. The van der Waals surface area contributed by atoms with Gasteiger partial charge in [0.1, 0.15) is 5.75 Å². The number of carbonyl (C=O) groups is 1. The van der Waals surface area contributed by atoms with Crippen LogP contribution in [0, 0.1) is 13.8 Å². The highest BCUT2D eigenvalue weighted by atomic mass is 16.5. The van der Waals surface area contributed by atoms with Crippen LogP contribution in [0.5, 0.6) is 5.75 Å². The average Bonchev–Trinajstić information content (AvgIpc) is 2.77. The van der Waals surface area contributed by atoms with E-state index in [1.54, 1.807) is 19.1 Å².